The molecule has 1 aliphatic rings. The first-order valence-electron chi connectivity index (χ1n) is 12.8. The Kier molecular flexibility index (Phi) is 7.55. The number of amides is 1. The third kappa shape index (κ3) is 6.40. The molecule has 0 bridgehead atoms. The third-order valence-corrected chi connectivity index (χ3v) is 8.11. The Morgan fingerprint density at radius 3 is 2.62 bits per heavy atom. The number of hydrogen-bond donors (Lipinski definition) is 3. The average molecular weight is 547 g/mol. The minimum absolute atomic E-state index is 0.0882. The van der Waals surface area contributed by atoms with Crippen LogP contribution in [0.3, 0.4) is 0 Å². The summed E-state index contributed by atoms with van der Waals surface area (Å²) in [5.74, 6) is 1.05. The smallest absolute Gasteiger partial charge is 0.256 e. The predicted octanol–water partition coefficient (Wildman–Crippen LogP) is 3.61. The van der Waals surface area contributed by atoms with Gasteiger partial charge in [-0.15, -0.1) is 0 Å². The molecule has 0 saturated heterocycles. The molecule has 0 unspecified atom stereocenters. The maximum atomic E-state index is 12.9. The molecular weight excluding hydrogens is 516 g/mol. The van der Waals surface area contributed by atoms with E-state index in [2.05, 4.69) is 36.0 Å². The van der Waals surface area contributed by atoms with E-state index >= 15 is 0 Å². The van der Waals surface area contributed by atoms with Crippen LogP contribution in [-0.2, 0) is 16.4 Å². The number of hydrogen-bond acceptors (Lipinski definition) is 9. The second kappa shape index (κ2) is 11.2. The summed E-state index contributed by atoms with van der Waals surface area (Å²) in [6, 6.07) is 13.5. The van der Waals surface area contributed by atoms with Crippen LogP contribution < -0.4 is 16.0 Å². The highest BCUT2D eigenvalue weighted by Crippen LogP contribution is 2.30. The van der Waals surface area contributed by atoms with Crippen molar-refractivity contribution < 1.29 is 13.2 Å². The van der Waals surface area contributed by atoms with Crippen LogP contribution in [0.1, 0.15) is 42.6 Å². The summed E-state index contributed by atoms with van der Waals surface area (Å²) >= 11 is 0. The molecule has 4 aromatic rings. The van der Waals surface area contributed by atoms with Crippen LogP contribution in [0.5, 0.6) is 0 Å². The molecule has 11 nitrogen and oxygen atoms in total. The fraction of sp³-hybridized carbons (Fsp3) is 0.296. The number of benzene rings is 1. The second-order valence-electron chi connectivity index (χ2n) is 9.64. The van der Waals surface area contributed by atoms with Gasteiger partial charge in [0.05, 0.1) is 34.5 Å². The summed E-state index contributed by atoms with van der Waals surface area (Å²) in [5.41, 5.74) is 2.72. The molecule has 39 heavy (non-hydrogen) atoms. The molecule has 3 N–H and O–H groups in total. The molecule has 0 aliphatic heterocycles. The van der Waals surface area contributed by atoms with Gasteiger partial charge in [0.1, 0.15) is 11.6 Å². The average Bonchev–Trinajstić information content (AvgIpc) is 3.66. The van der Waals surface area contributed by atoms with Crippen molar-refractivity contribution in [3.63, 3.8) is 0 Å². The van der Waals surface area contributed by atoms with Crippen molar-refractivity contribution in [1.82, 2.24) is 29.5 Å². The van der Waals surface area contributed by atoms with E-state index in [1.807, 2.05) is 44.2 Å². The van der Waals surface area contributed by atoms with E-state index in [1.54, 1.807) is 18.3 Å². The van der Waals surface area contributed by atoms with E-state index in [-0.39, 0.29) is 17.2 Å². The van der Waals surface area contributed by atoms with Crippen LogP contribution in [0.25, 0.3) is 11.4 Å². The Morgan fingerprint density at radius 1 is 1.08 bits per heavy atom. The van der Waals surface area contributed by atoms with Crippen molar-refractivity contribution in [3.8, 4) is 11.4 Å². The molecule has 0 spiro atoms. The Morgan fingerprint density at radius 2 is 1.87 bits per heavy atom. The Labute approximate surface area is 227 Å². The molecule has 12 heteroatoms. The van der Waals surface area contributed by atoms with Gasteiger partial charge in [0.25, 0.3) is 15.9 Å². The van der Waals surface area contributed by atoms with Crippen LogP contribution >= 0.6 is 0 Å². The lowest BCUT2D eigenvalue weighted by Gasteiger charge is -2.16. The van der Waals surface area contributed by atoms with Crippen LogP contribution in [0, 0.1) is 0 Å². The van der Waals surface area contributed by atoms with E-state index in [4.69, 9.17) is 0 Å². The number of rotatable bonds is 11. The number of nitrogens with one attached hydrogen (secondary N) is 3. The lowest BCUT2D eigenvalue weighted by Crippen LogP contribution is -2.27. The van der Waals surface area contributed by atoms with Crippen LogP contribution in [0.15, 0.2) is 67.3 Å². The lowest BCUT2D eigenvalue weighted by atomic mass is 10.1. The van der Waals surface area contributed by atoms with Gasteiger partial charge in [-0.3, -0.25) is 4.79 Å². The molecule has 0 atom stereocenters. The third-order valence-electron chi connectivity index (χ3n) is 6.07. The quantitative estimate of drug-likeness (QED) is 0.257. The normalized spacial score (nSPS) is 13.3. The Hall–Kier alpha value is -4.32. The van der Waals surface area contributed by atoms with Gasteiger partial charge in [-0.25, -0.2) is 23.4 Å². The molecule has 202 valence electrons. The van der Waals surface area contributed by atoms with E-state index < -0.39 is 10.0 Å². The molecule has 3 aromatic heterocycles. The number of anilines is 3. The second-order valence-corrected chi connectivity index (χ2v) is 11.7. The first kappa shape index (κ1) is 26.3. The SMILES string of the molecule is CC(C)Nc1cc(Nc2ccnc(-c3cnn(S(=O)(=O)C4CC4)c3)n2)ncc1C(=O)NCCc1ccccc1. The minimum atomic E-state index is -3.47. The molecule has 1 fully saturated rings. The zero-order valence-electron chi connectivity index (χ0n) is 21.7. The van der Waals surface area contributed by atoms with Crippen molar-refractivity contribution >= 4 is 33.3 Å². The van der Waals surface area contributed by atoms with Gasteiger partial charge in [0, 0.05) is 31.0 Å². The van der Waals surface area contributed by atoms with Gasteiger partial charge in [-0.1, -0.05) is 30.3 Å². The summed E-state index contributed by atoms with van der Waals surface area (Å²) in [6.45, 7) is 4.49. The van der Waals surface area contributed by atoms with Crippen LogP contribution in [-0.4, -0.2) is 56.3 Å². The molecule has 1 saturated carbocycles. The molecule has 3 heterocycles. The number of nitrogens with zero attached hydrogens (tertiary/aromatic N) is 5. The van der Waals surface area contributed by atoms with Crippen molar-refractivity contribution in [2.24, 2.45) is 0 Å². The van der Waals surface area contributed by atoms with Gasteiger partial charge in [0.15, 0.2) is 5.82 Å². The van der Waals surface area contributed by atoms with Gasteiger partial charge in [0.2, 0.25) is 0 Å². The van der Waals surface area contributed by atoms with E-state index in [0.29, 0.717) is 53.7 Å². The maximum Gasteiger partial charge on any atom is 0.256 e. The number of carbonyl (C=O) groups excluding carboxylic acids is 1. The summed E-state index contributed by atoms with van der Waals surface area (Å²) in [6.07, 6.45) is 8.01. The van der Waals surface area contributed by atoms with Crippen molar-refractivity contribution in [3.05, 3.63) is 78.4 Å². The summed E-state index contributed by atoms with van der Waals surface area (Å²) in [7, 11) is -3.47. The lowest BCUT2D eigenvalue weighted by molar-refractivity contribution is 0.0954. The molecule has 0 radical (unpaired) electrons. The van der Waals surface area contributed by atoms with E-state index in [1.165, 1.54) is 18.6 Å². The highest BCUT2D eigenvalue weighted by Gasteiger charge is 2.37. The largest absolute Gasteiger partial charge is 0.382 e. The van der Waals surface area contributed by atoms with Crippen molar-refractivity contribution in [2.75, 3.05) is 17.2 Å². The highest BCUT2D eigenvalue weighted by molar-refractivity contribution is 7.90. The summed E-state index contributed by atoms with van der Waals surface area (Å²) < 4.78 is 25.9. The predicted molar refractivity (Wildman–Crippen MR) is 149 cm³/mol. The summed E-state index contributed by atoms with van der Waals surface area (Å²) in [4.78, 5) is 26.1. The fourth-order valence-electron chi connectivity index (χ4n) is 3.97. The number of carbonyl (C=O) groups is 1. The maximum absolute atomic E-state index is 12.9. The first-order valence-corrected chi connectivity index (χ1v) is 14.3. The minimum Gasteiger partial charge on any atom is -0.382 e. The monoisotopic (exact) mass is 546 g/mol. The van der Waals surface area contributed by atoms with E-state index in [9.17, 15) is 13.2 Å². The first-order chi connectivity index (χ1) is 18.8. The summed E-state index contributed by atoms with van der Waals surface area (Å²) in [5, 5.41) is 13.1. The zero-order chi connectivity index (χ0) is 27.4. The van der Waals surface area contributed by atoms with Gasteiger partial charge in [-0.2, -0.15) is 9.19 Å². The molecule has 1 aliphatic carbocycles. The number of pyridine rings is 1. The standard InChI is InChI=1S/C27H30N8O3S/c1-18(2)32-23-14-25(30-16-22(23)27(36)29-12-10-19-6-4-3-5-7-19)33-24-11-13-28-26(34-24)20-15-31-35(17-20)39(37,38)21-8-9-21/h3-7,11,13-18,21H,8-10,12H2,1-2H3,(H,29,36)(H2,28,30,32,33,34). The fourth-order valence-corrected chi connectivity index (χ4v) is 5.45. The van der Waals surface area contributed by atoms with Gasteiger partial charge >= 0.3 is 0 Å². The molecule has 5 rings (SSSR count). The Bertz CT molecular complexity index is 1570. The Balaban J connectivity index is 1.30. The van der Waals surface area contributed by atoms with Crippen LogP contribution in [0.4, 0.5) is 17.3 Å². The topological polar surface area (TPSA) is 144 Å². The van der Waals surface area contributed by atoms with Crippen LogP contribution in [0.2, 0.25) is 0 Å². The van der Waals surface area contributed by atoms with Crippen molar-refractivity contribution in [1.29, 1.82) is 0 Å². The molecule has 1 amide bonds. The van der Waals surface area contributed by atoms with Gasteiger partial charge < -0.3 is 16.0 Å². The van der Waals surface area contributed by atoms with E-state index in [0.717, 1.165) is 16.1 Å². The number of aromatic nitrogens is 5. The highest BCUT2D eigenvalue weighted by atomic mass is 32.2. The molecular formula is C27H30N8O3S. The van der Waals surface area contributed by atoms with Gasteiger partial charge in [-0.05, 0) is 44.7 Å². The zero-order valence-corrected chi connectivity index (χ0v) is 22.5. The molecule has 1 aromatic carbocycles. The van der Waals surface area contributed by atoms with Crippen molar-refractivity contribution in [2.45, 2.75) is 44.4 Å².